The van der Waals surface area contributed by atoms with Crippen LogP contribution < -0.4 is 4.74 Å². The van der Waals surface area contributed by atoms with Gasteiger partial charge < -0.3 is 18.9 Å². The zero-order chi connectivity index (χ0) is 17.2. The van der Waals surface area contributed by atoms with E-state index in [1.54, 1.807) is 11.8 Å². The fraction of sp³-hybridized carbons (Fsp3) is 0.471. The van der Waals surface area contributed by atoms with Crippen LogP contribution in [0.1, 0.15) is 30.4 Å². The lowest BCUT2D eigenvalue weighted by atomic mass is 10.1. The van der Waals surface area contributed by atoms with Crippen molar-refractivity contribution < 1.29 is 18.8 Å². The summed E-state index contributed by atoms with van der Waals surface area (Å²) in [6.07, 6.45) is -0.231. The fourth-order valence-electron chi connectivity index (χ4n) is 2.77. The average Bonchev–Trinajstić information content (AvgIpc) is 2.98. The zero-order valence-corrected chi connectivity index (χ0v) is 14.1. The second-order valence-electron chi connectivity index (χ2n) is 6.45. The molecule has 7 nitrogen and oxygen atoms in total. The average molecular weight is 331 g/mol. The lowest BCUT2D eigenvalue weighted by Gasteiger charge is -2.42. The van der Waals surface area contributed by atoms with E-state index in [0.29, 0.717) is 25.6 Å². The Bertz CT molecular complexity index is 699. The molecule has 1 atom stereocenters. The van der Waals surface area contributed by atoms with E-state index in [-0.39, 0.29) is 17.8 Å². The molecule has 1 aromatic carbocycles. The molecule has 0 spiro atoms. The molecular formula is C17H21N3O4. The first kappa shape index (κ1) is 16.4. The van der Waals surface area contributed by atoms with Crippen LogP contribution in [0.4, 0.5) is 0 Å². The Labute approximate surface area is 140 Å². The smallest absolute Gasteiger partial charge is 0.295 e. The highest BCUT2D eigenvalue weighted by atomic mass is 16.6. The fourth-order valence-corrected chi connectivity index (χ4v) is 2.77. The predicted molar refractivity (Wildman–Crippen MR) is 85.8 cm³/mol. The van der Waals surface area contributed by atoms with Gasteiger partial charge in [0, 0.05) is 13.5 Å². The molecule has 128 valence electrons. The minimum atomic E-state index is -0.475. The minimum absolute atomic E-state index is 0.0768. The third kappa shape index (κ3) is 3.91. The summed E-state index contributed by atoms with van der Waals surface area (Å²) in [5.41, 5.74) is -0.475. The standard InChI is InChI=1S/C17H21N3O4/c1-12-18-15(19-24-12)16(21)20-9-14(23-17(2,3)11-20)10-22-13-7-5-4-6-8-13/h4-8,14H,9-11H2,1-3H3/t14-/m0/s1. The van der Waals surface area contributed by atoms with Gasteiger partial charge in [-0.2, -0.15) is 4.98 Å². The maximum absolute atomic E-state index is 12.6. The summed E-state index contributed by atoms with van der Waals surface area (Å²) in [7, 11) is 0. The van der Waals surface area contributed by atoms with E-state index < -0.39 is 5.60 Å². The van der Waals surface area contributed by atoms with Gasteiger partial charge in [-0.1, -0.05) is 23.4 Å². The van der Waals surface area contributed by atoms with Crippen molar-refractivity contribution in [1.29, 1.82) is 0 Å². The van der Waals surface area contributed by atoms with E-state index in [4.69, 9.17) is 14.0 Å². The van der Waals surface area contributed by atoms with Gasteiger partial charge in [-0.3, -0.25) is 4.79 Å². The van der Waals surface area contributed by atoms with Gasteiger partial charge in [0.15, 0.2) is 0 Å². The first-order valence-corrected chi connectivity index (χ1v) is 7.88. The first-order chi connectivity index (χ1) is 11.4. The molecule has 0 radical (unpaired) electrons. The Hall–Kier alpha value is -2.41. The molecule has 0 aliphatic carbocycles. The molecule has 1 aromatic heterocycles. The first-order valence-electron chi connectivity index (χ1n) is 7.88. The molecule has 1 saturated heterocycles. The van der Waals surface area contributed by atoms with Crippen LogP contribution in [0.5, 0.6) is 5.75 Å². The van der Waals surface area contributed by atoms with Crippen molar-refractivity contribution in [1.82, 2.24) is 15.0 Å². The van der Waals surface area contributed by atoms with Crippen LogP contribution in [0.3, 0.4) is 0 Å². The summed E-state index contributed by atoms with van der Waals surface area (Å²) in [5, 5.41) is 3.71. The quantitative estimate of drug-likeness (QED) is 0.853. The number of ether oxygens (including phenoxy) is 2. The second-order valence-corrected chi connectivity index (χ2v) is 6.45. The maximum Gasteiger partial charge on any atom is 0.295 e. The van der Waals surface area contributed by atoms with Crippen molar-refractivity contribution in [3.8, 4) is 5.75 Å². The highest BCUT2D eigenvalue weighted by Crippen LogP contribution is 2.23. The summed E-state index contributed by atoms with van der Waals surface area (Å²) in [6, 6.07) is 9.53. The molecule has 1 aliphatic rings. The molecular weight excluding hydrogens is 310 g/mol. The summed E-state index contributed by atoms with van der Waals surface area (Å²) < 4.78 is 16.7. The van der Waals surface area contributed by atoms with Gasteiger partial charge in [0.25, 0.3) is 11.7 Å². The van der Waals surface area contributed by atoms with Crippen molar-refractivity contribution >= 4 is 5.91 Å². The van der Waals surface area contributed by atoms with Crippen molar-refractivity contribution in [2.75, 3.05) is 19.7 Å². The third-order valence-corrected chi connectivity index (χ3v) is 3.67. The Kier molecular flexibility index (Phi) is 4.53. The minimum Gasteiger partial charge on any atom is -0.491 e. The topological polar surface area (TPSA) is 77.7 Å². The number of aromatic nitrogens is 2. The van der Waals surface area contributed by atoms with Crippen LogP contribution in [-0.2, 0) is 4.74 Å². The summed E-state index contributed by atoms with van der Waals surface area (Å²) in [4.78, 5) is 18.3. The van der Waals surface area contributed by atoms with Crippen LogP contribution in [0.2, 0.25) is 0 Å². The van der Waals surface area contributed by atoms with Crippen LogP contribution in [0.15, 0.2) is 34.9 Å². The van der Waals surface area contributed by atoms with Crippen molar-refractivity contribution in [2.45, 2.75) is 32.5 Å². The van der Waals surface area contributed by atoms with E-state index in [2.05, 4.69) is 10.1 Å². The second kappa shape index (κ2) is 6.60. The number of carbonyl (C=O) groups excluding carboxylic acids is 1. The molecule has 2 aromatic rings. The van der Waals surface area contributed by atoms with E-state index in [9.17, 15) is 4.79 Å². The molecule has 24 heavy (non-hydrogen) atoms. The molecule has 0 unspecified atom stereocenters. The number of aryl methyl sites for hydroxylation is 1. The largest absolute Gasteiger partial charge is 0.491 e. The SMILES string of the molecule is Cc1nc(C(=O)N2C[C@@H](COc3ccccc3)OC(C)(C)C2)no1. The number of rotatable bonds is 4. The van der Waals surface area contributed by atoms with Gasteiger partial charge in [0.2, 0.25) is 5.89 Å². The molecule has 1 aliphatic heterocycles. The summed E-state index contributed by atoms with van der Waals surface area (Å²) in [6.45, 7) is 6.79. The summed E-state index contributed by atoms with van der Waals surface area (Å²) >= 11 is 0. The molecule has 3 rings (SSSR count). The Morgan fingerprint density at radius 1 is 1.38 bits per heavy atom. The predicted octanol–water partition coefficient (Wildman–Crippen LogP) is 2.08. The molecule has 0 N–H and O–H groups in total. The van der Waals surface area contributed by atoms with E-state index in [1.165, 1.54) is 0 Å². The highest BCUT2D eigenvalue weighted by Gasteiger charge is 2.37. The zero-order valence-electron chi connectivity index (χ0n) is 14.1. The number of nitrogens with zero attached hydrogens (tertiary/aromatic N) is 3. The van der Waals surface area contributed by atoms with E-state index in [1.807, 2.05) is 44.2 Å². The number of hydrogen-bond acceptors (Lipinski definition) is 6. The molecule has 2 heterocycles. The van der Waals surface area contributed by atoms with Gasteiger partial charge in [-0.25, -0.2) is 0 Å². The number of carbonyl (C=O) groups is 1. The Morgan fingerprint density at radius 2 is 2.12 bits per heavy atom. The van der Waals surface area contributed by atoms with Gasteiger partial charge in [0.05, 0.1) is 12.1 Å². The summed E-state index contributed by atoms with van der Waals surface area (Å²) in [5.74, 6) is 0.965. The molecule has 0 saturated carbocycles. The van der Waals surface area contributed by atoms with Crippen molar-refractivity contribution in [2.24, 2.45) is 0 Å². The van der Waals surface area contributed by atoms with Crippen molar-refractivity contribution in [3.05, 3.63) is 42.0 Å². The third-order valence-electron chi connectivity index (χ3n) is 3.67. The van der Waals surface area contributed by atoms with E-state index in [0.717, 1.165) is 5.75 Å². The highest BCUT2D eigenvalue weighted by molar-refractivity contribution is 5.90. The van der Waals surface area contributed by atoms with E-state index >= 15 is 0 Å². The number of amides is 1. The number of morpholine rings is 1. The monoisotopic (exact) mass is 331 g/mol. The Morgan fingerprint density at radius 3 is 2.79 bits per heavy atom. The van der Waals surface area contributed by atoms with Crippen LogP contribution in [-0.4, -0.2) is 52.3 Å². The van der Waals surface area contributed by atoms with Crippen LogP contribution in [0, 0.1) is 6.92 Å². The molecule has 1 amide bonds. The number of para-hydroxylation sites is 1. The van der Waals surface area contributed by atoms with Crippen LogP contribution >= 0.6 is 0 Å². The van der Waals surface area contributed by atoms with Crippen LogP contribution in [0.25, 0.3) is 0 Å². The lowest BCUT2D eigenvalue weighted by molar-refractivity contribution is -0.136. The van der Waals surface area contributed by atoms with Gasteiger partial charge in [0.1, 0.15) is 18.5 Å². The van der Waals surface area contributed by atoms with Gasteiger partial charge in [-0.05, 0) is 26.0 Å². The molecule has 1 fully saturated rings. The normalized spacial score (nSPS) is 20.0. The number of hydrogen-bond donors (Lipinski definition) is 0. The molecule has 0 bridgehead atoms. The Balaban J connectivity index is 1.67. The van der Waals surface area contributed by atoms with Crippen molar-refractivity contribution in [3.63, 3.8) is 0 Å². The van der Waals surface area contributed by atoms with Gasteiger partial charge in [-0.15, -0.1) is 0 Å². The maximum atomic E-state index is 12.6. The number of benzene rings is 1. The van der Waals surface area contributed by atoms with Gasteiger partial charge >= 0.3 is 0 Å². The molecule has 7 heteroatoms. The lowest BCUT2D eigenvalue weighted by Crippen LogP contribution is -2.56.